The van der Waals surface area contributed by atoms with Gasteiger partial charge in [-0.1, -0.05) is 13.3 Å². The number of esters is 2. The zero-order valence-corrected chi connectivity index (χ0v) is 23.5. The Hall–Kier alpha value is -2.60. The zero-order chi connectivity index (χ0) is 27.8. The smallest absolute Gasteiger partial charge is 0.335 e. The van der Waals surface area contributed by atoms with Gasteiger partial charge in [0.25, 0.3) is 7.52 Å². The van der Waals surface area contributed by atoms with Crippen molar-refractivity contribution in [1.29, 1.82) is 0 Å². The van der Waals surface area contributed by atoms with Crippen LogP contribution in [0.1, 0.15) is 61.3 Å². The molecule has 0 aliphatic heterocycles. The molecule has 37 heavy (non-hydrogen) atoms. The molecule has 2 aromatic rings. The minimum atomic E-state index is -3.93. The van der Waals surface area contributed by atoms with Gasteiger partial charge in [0, 0.05) is 0 Å². The van der Waals surface area contributed by atoms with Gasteiger partial charge in [0.05, 0.1) is 31.7 Å². The van der Waals surface area contributed by atoms with Crippen molar-refractivity contribution >= 4 is 36.4 Å². The average Bonchev–Trinajstić information content (AvgIpc) is 3.21. The quantitative estimate of drug-likeness (QED) is 0.192. The summed E-state index contributed by atoms with van der Waals surface area (Å²) in [5, 5.41) is 2.76. The molecule has 0 amide bonds. The normalized spacial score (nSPS) is 15.4. The fourth-order valence-electron chi connectivity index (χ4n) is 3.26. The van der Waals surface area contributed by atoms with E-state index in [2.05, 4.69) is 20.0 Å². The number of hydrogen-bond acceptors (Lipinski definition) is 11. The summed E-state index contributed by atoms with van der Waals surface area (Å²) in [6.07, 6.45) is 1.99. The van der Waals surface area contributed by atoms with Gasteiger partial charge >= 0.3 is 11.9 Å². The highest BCUT2D eigenvalue weighted by Crippen LogP contribution is 2.46. The van der Waals surface area contributed by atoms with Crippen molar-refractivity contribution in [3.05, 3.63) is 12.7 Å². The molecule has 0 aromatic carbocycles. The van der Waals surface area contributed by atoms with Crippen molar-refractivity contribution in [2.45, 2.75) is 91.7 Å². The van der Waals surface area contributed by atoms with Crippen molar-refractivity contribution in [3.8, 4) is 0 Å². The number of fused-ring (bicyclic) bond motifs is 1. The molecule has 0 saturated heterocycles. The van der Waals surface area contributed by atoms with Gasteiger partial charge in [-0.2, -0.15) is 0 Å². The number of carbonyl (C=O) groups excluding carboxylic acids is 2. The van der Waals surface area contributed by atoms with Crippen LogP contribution in [-0.2, 0) is 39.4 Å². The summed E-state index contributed by atoms with van der Waals surface area (Å²) in [7, 11) is -3.93. The van der Waals surface area contributed by atoms with Gasteiger partial charge in [0.2, 0.25) is 0 Å². The van der Waals surface area contributed by atoms with E-state index in [-0.39, 0.29) is 18.5 Å². The molecule has 3 atom stereocenters. The fourth-order valence-corrected chi connectivity index (χ4v) is 5.43. The minimum Gasteiger partial charge on any atom is -0.464 e. The van der Waals surface area contributed by atoms with Gasteiger partial charge in [-0.05, 0) is 48.0 Å². The number of unbranched alkanes of at least 4 members (excludes halogenated alkanes) is 1. The molecule has 0 spiro atoms. The van der Waals surface area contributed by atoms with Crippen LogP contribution in [0.5, 0.6) is 0 Å². The zero-order valence-electron chi connectivity index (χ0n) is 22.6. The van der Waals surface area contributed by atoms with E-state index in [9.17, 15) is 14.2 Å². The highest BCUT2D eigenvalue weighted by Gasteiger charge is 2.40. The molecule has 0 bridgehead atoms. The summed E-state index contributed by atoms with van der Waals surface area (Å²) in [5.41, 5.74) is 5.45. The lowest BCUT2D eigenvalue weighted by Crippen LogP contribution is -2.47. The first-order valence-electron chi connectivity index (χ1n) is 12.3. The van der Waals surface area contributed by atoms with Gasteiger partial charge in [-0.15, -0.1) is 0 Å². The lowest BCUT2D eigenvalue weighted by Gasteiger charge is -2.31. The topological polar surface area (TPSA) is 170 Å². The third-order valence-corrected chi connectivity index (χ3v) is 7.16. The third kappa shape index (κ3) is 9.03. The number of hydrogen-bond donors (Lipinski definition) is 2. The molecule has 0 unspecified atom stereocenters. The number of rotatable bonds is 15. The Morgan fingerprint density at radius 2 is 1.89 bits per heavy atom. The van der Waals surface area contributed by atoms with E-state index in [1.165, 1.54) is 27.1 Å². The maximum absolute atomic E-state index is 13.9. The van der Waals surface area contributed by atoms with E-state index in [1.54, 1.807) is 31.7 Å². The molecular weight excluding hydrogens is 503 g/mol. The van der Waals surface area contributed by atoms with E-state index in [1.807, 2.05) is 6.92 Å². The van der Waals surface area contributed by atoms with Crippen molar-refractivity contribution < 1.29 is 32.9 Å². The first-order chi connectivity index (χ1) is 17.3. The fraction of sp³-hybridized carbons (Fsp3) is 0.696. The Labute approximate surface area is 217 Å². The van der Waals surface area contributed by atoms with Crippen LogP contribution in [0.15, 0.2) is 12.7 Å². The number of nitrogens with two attached hydrogens (primary N) is 1. The SMILES string of the molecule is CCCCOC(=O)C(C)(C)N[P@@](=O)(CO[C@H](C)Cn1cnc2c(N)ncnc21)O[C@H](C)C(=O)OC(C)C. The molecular formula is C23H39N6O7P. The lowest BCUT2D eigenvalue weighted by molar-refractivity contribution is -0.155. The van der Waals surface area contributed by atoms with Crippen LogP contribution in [0.2, 0.25) is 0 Å². The number of imidazole rings is 1. The van der Waals surface area contributed by atoms with E-state index in [4.69, 9.17) is 24.5 Å². The standard InChI is InChI=1S/C23H39N6O7P/c1-8-9-10-33-22(31)23(6,7)28-37(32,36-17(5)21(30)35-15(2)3)14-34-16(4)11-29-13-27-18-19(24)25-12-26-20(18)29/h12-13,15-17H,8-11,14H2,1-7H3,(H,28,32)(H2,24,25,26)/t16-,17-,37-/m1/s1. The second-order valence-corrected chi connectivity index (χ2v) is 11.6. The lowest BCUT2D eigenvalue weighted by atomic mass is 10.1. The van der Waals surface area contributed by atoms with Gasteiger partial charge in [-0.25, -0.2) is 24.8 Å². The van der Waals surface area contributed by atoms with Gasteiger partial charge in [-0.3, -0.25) is 9.36 Å². The molecule has 0 saturated carbocycles. The summed E-state index contributed by atoms with van der Waals surface area (Å²) in [4.78, 5) is 37.4. The number of aromatic nitrogens is 4. The summed E-state index contributed by atoms with van der Waals surface area (Å²) >= 11 is 0. The Morgan fingerprint density at radius 1 is 1.19 bits per heavy atom. The van der Waals surface area contributed by atoms with E-state index in [0.717, 1.165) is 6.42 Å². The molecule has 3 N–H and O–H groups in total. The van der Waals surface area contributed by atoms with Crippen LogP contribution in [0.4, 0.5) is 5.82 Å². The largest absolute Gasteiger partial charge is 0.464 e. The van der Waals surface area contributed by atoms with Gasteiger partial charge in [0.15, 0.2) is 17.6 Å². The highest BCUT2D eigenvalue weighted by atomic mass is 31.2. The first-order valence-corrected chi connectivity index (χ1v) is 14.1. The van der Waals surface area contributed by atoms with Crippen molar-refractivity contribution in [3.63, 3.8) is 0 Å². The molecule has 0 aliphatic rings. The predicted molar refractivity (Wildman–Crippen MR) is 138 cm³/mol. The van der Waals surface area contributed by atoms with Crippen LogP contribution >= 0.6 is 7.52 Å². The van der Waals surface area contributed by atoms with Crippen molar-refractivity contribution in [2.75, 3.05) is 18.7 Å². The average molecular weight is 543 g/mol. The number of nitrogens with one attached hydrogen (secondary N) is 1. The number of anilines is 1. The Kier molecular flexibility index (Phi) is 11.0. The number of carbonyl (C=O) groups is 2. The maximum atomic E-state index is 13.9. The Balaban J connectivity index is 2.16. The molecule has 0 fully saturated rings. The van der Waals surface area contributed by atoms with Crippen LogP contribution in [0, 0.1) is 0 Å². The van der Waals surface area contributed by atoms with E-state index >= 15 is 0 Å². The van der Waals surface area contributed by atoms with E-state index in [0.29, 0.717) is 24.1 Å². The molecule has 0 aliphatic carbocycles. The van der Waals surface area contributed by atoms with Gasteiger partial charge < -0.3 is 29.0 Å². The van der Waals surface area contributed by atoms with E-state index < -0.39 is 43.6 Å². The van der Waals surface area contributed by atoms with Crippen LogP contribution in [0.3, 0.4) is 0 Å². The third-order valence-electron chi connectivity index (χ3n) is 5.12. The monoisotopic (exact) mass is 542 g/mol. The second-order valence-electron chi connectivity index (χ2n) is 9.57. The minimum absolute atomic E-state index is 0.239. The molecule has 2 rings (SSSR count). The highest BCUT2D eigenvalue weighted by molar-refractivity contribution is 7.56. The summed E-state index contributed by atoms with van der Waals surface area (Å²) < 4.78 is 37.6. The Bertz CT molecular complexity index is 1110. The first kappa shape index (κ1) is 30.6. The molecule has 2 aromatic heterocycles. The number of nitrogen functional groups attached to an aromatic ring is 1. The van der Waals surface area contributed by atoms with Crippen LogP contribution in [0.25, 0.3) is 11.2 Å². The van der Waals surface area contributed by atoms with Crippen molar-refractivity contribution in [2.24, 2.45) is 0 Å². The second kappa shape index (κ2) is 13.3. The molecule has 0 radical (unpaired) electrons. The number of ether oxygens (including phenoxy) is 3. The molecule has 2 heterocycles. The Morgan fingerprint density at radius 3 is 2.54 bits per heavy atom. The molecule has 13 nitrogen and oxygen atoms in total. The summed E-state index contributed by atoms with van der Waals surface area (Å²) in [6, 6.07) is 0. The molecule has 208 valence electrons. The maximum Gasteiger partial charge on any atom is 0.335 e. The molecule has 14 heteroatoms. The van der Waals surface area contributed by atoms with Gasteiger partial charge in [0.1, 0.15) is 23.7 Å². The van der Waals surface area contributed by atoms with Crippen molar-refractivity contribution in [1.82, 2.24) is 24.6 Å². The summed E-state index contributed by atoms with van der Waals surface area (Å²) in [5.74, 6) is -1.03. The van der Waals surface area contributed by atoms with Crippen LogP contribution < -0.4 is 10.8 Å². The summed E-state index contributed by atoms with van der Waals surface area (Å²) in [6.45, 7) is 12.2. The van der Waals surface area contributed by atoms with Crippen LogP contribution in [-0.4, -0.2) is 68.3 Å². The number of nitrogens with zero attached hydrogens (tertiary/aromatic N) is 4. The predicted octanol–water partition coefficient (Wildman–Crippen LogP) is 3.03.